The van der Waals surface area contributed by atoms with Gasteiger partial charge in [-0.25, -0.2) is 0 Å². The van der Waals surface area contributed by atoms with Gasteiger partial charge in [-0.05, 0) is 0 Å². The van der Waals surface area contributed by atoms with E-state index in [0.29, 0.717) is 0 Å². The molecule has 16 N–H and O–H groups in total. The third-order valence-corrected chi connectivity index (χ3v) is 4.32. The summed E-state index contributed by atoms with van der Waals surface area (Å²) in [5.74, 6) is -1.00. The van der Waals surface area contributed by atoms with Crippen molar-refractivity contribution in [3.8, 4) is 0 Å². The number of rotatable bonds is 15. The molecule has 18 nitrogen and oxygen atoms in total. The summed E-state index contributed by atoms with van der Waals surface area (Å²) in [7, 11) is 0. The molecule has 0 aliphatic rings. The predicted octanol–water partition coefficient (Wildman–Crippen LogP) is -10.3. The van der Waals surface area contributed by atoms with Gasteiger partial charge >= 0.3 is 0 Å². The molecule has 0 fully saturated rings. The van der Waals surface area contributed by atoms with Gasteiger partial charge in [0, 0.05) is 0 Å². The molecule has 0 saturated heterocycles. The first-order valence-corrected chi connectivity index (χ1v) is 10.1. The molecule has 36 heavy (non-hydrogen) atoms. The predicted molar refractivity (Wildman–Crippen MR) is 113 cm³/mol. The van der Waals surface area contributed by atoms with Crippen LogP contribution in [0.1, 0.15) is 0 Å². The quantitative estimate of drug-likeness (QED) is 0.0853. The average Bonchev–Trinajstić information content (AvgIpc) is 2.92. The Hall–Kier alpha value is -1.30. The van der Waals surface area contributed by atoms with Gasteiger partial charge in [-0.2, -0.15) is 0 Å². The van der Waals surface area contributed by atoms with E-state index in [0.717, 1.165) is 0 Å². The Morgan fingerprint density at radius 1 is 0.500 bits per heavy atom. The molecular formula is C18H38O18. The number of aldehydes is 1. The van der Waals surface area contributed by atoms with Crippen LogP contribution in [0.2, 0.25) is 0 Å². The van der Waals surface area contributed by atoms with Gasteiger partial charge in [0.1, 0.15) is 73.8 Å². The van der Waals surface area contributed by atoms with Crippen molar-refractivity contribution in [2.45, 2.75) is 67.1 Å². The van der Waals surface area contributed by atoms with Crippen LogP contribution in [0.5, 0.6) is 0 Å². The van der Waals surface area contributed by atoms with E-state index in [9.17, 15) is 9.59 Å². The Morgan fingerprint density at radius 2 is 0.778 bits per heavy atom. The summed E-state index contributed by atoms with van der Waals surface area (Å²) in [5, 5.41) is 139. The molecule has 0 aromatic carbocycles. The van der Waals surface area contributed by atoms with E-state index in [1.165, 1.54) is 0 Å². The molecule has 0 aliphatic carbocycles. The molecule has 0 rings (SSSR count). The van der Waals surface area contributed by atoms with Gasteiger partial charge in [-0.1, -0.05) is 0 Å². The van der Waals surface area contributed by atoms with Crippen molar-refractivity contribution in [3.63, 3.8) is 0 Å². The summed E-state index contributed by atoms with van der Waals surface area (Å²) in [5.41, 5.74) is 0. The summed E-state index contributed by atoms with van der Waals surface area (Å²) >= 11 is 0. The van der Waals surface area contributed by atoms with Gasteiger partial charge in [0.15, 0.2) is 12.1 Å². The van der Waals surface area contributed by atoms with Crippen molar-refractivity contribution in [1.82, 2.24) is 0 Å². The van der Waals surface area contributed by atoms with Crippen molar-refractivity contribution >= 4 is 12.1 Å². The summed E-state index contributed by atoms with van der Waals surface area (Å²) in [6.45, 7) is -3.90. The van der Waals surface area contributed by atoms with Crippen LogP contribution in [0.4, 0.5) is 0 Å². The molecule has 0 aromatic rings. The van der Waals surface area contributed by atoms with Gasteiger partial charge in [0.05, 0.1) is 26.4 Å². The zero-order chi connectivity index (χ0) is 29.2. The smallest absolute Gasteiger partial charge is 0.189 e. The van der Waals surface area contributed by atoms with E-state index in [2.05, 4.69) is 0 Å². The Balaban J connectivity index is -0.000000454. The fourth-order valence-electron chi connectivity index (χ4n) is 1.89. The van der Waals surface area contributed by atoms with E-state index >= 15 is 0 Å². The SMILES string of the molecule is O=C(CO)C(O)C(O)C(O)CO.O=CC(O)C(O)C(O)C(O)CO.OCC(O)C(O)C(O)C(O)CO. The second kappa shape index (κ2) is 21.8. The van der Waals surface area contributed by atoms with Crippen molar-refractivity contribution < 1.29 is 91.3 Å². The molecule has 0 amide bonds. The number of ketones is 1. The lowest BCUT2D eigenvalue weighted by Crippen LogP contribution is -2.46. The Kier molecular flexibility index (Phi) is 23.7. The standard InChI is InChI=1S/C6H14O6.2C6H12O6/c3*7-1-3(9)5(11)6(12)4(10)2-8/h3-12H,1-2H2;3,5-9,11-12H,1-2H2;1,3-6,8-12H,2H2. The molecule has 0 aromatic heterocycles. The first-order valence-electron chi connectivity index (χ1n) is 10.1. The summed E-state index contributed by atoms with van der Waals surface area (Å²) in [6, 6.07) is 0. The van der Waals surface area contributed by atoms with E-state index in [1.54, 1.807) is 0 Å². The number of carbonyl (C=O) groups excluding carboxylic acids is 2. The molecule has 11 unspecified atom stereocenters. The molecule has 18 heteroatoms. The van der Waals surface area contributed by atoms with Crippen LogP contribution in [0.3, 0.4) is 0 Å². The minimum absolute atomic E-state index is 0.0258. The van der Waals surface area contributed by atoms with Gasteiger partial charge in [0.25, 0.3) is 0 Å². The van der Waals surface area contributed by atoms with Crippen LogP contribution in [-0.2, 0) is 9.59 Å². The Bertz CT molecular complexity index is 538. The lowest BCUT2D eigenvalue weighted by Gasteiger charge is -2.24. The molecule has 0 spiro atoms. The summed E-state index contributed by atoms with van der Waals surface area (Å²) < 4.78 is 0. The van der Waals surface area contributed by atoms with Crippen LogP contribution in [0.25, 0.3) is 0 Å². The van der Waals surface area contributed by atoms with Crippen molar-refractivity contribution in [1.29, 1.82) is 0 Å². The number of aliphatic hydroxyl groups is 16. The average molecular weight is 542 g/mol. The minimum Gasteiger partial charge on any atom is -0.394 e. The Labute approximate surface area is 204 Å². The van der Waals surface area contributed by atoms with E-state index in [-0.39, 0.29) is 6.29 Å². The minimum atomic E-state index is -1.86. The molecule has 218 valence electrons. The van der Waals surface area contributed by atoms with Crippen LogP contribution < -0.4 is 0 Å². The Morgan fingerprint density at radius 3 is 1.03 bits per heavy atom. The normalized spacial score (nSPS) is 20.3. The van der Waals surface area contributed by atoms with Crippen LogP contribution in [0.15, 0.2) is 0 Å². The van der Waals surface area contributed by atoms with Crippen molar-refractivity contribution in [3.05, 3.63) is 0 Å². The number of carbonyl (C=O) groups is 2. The maximum absolute atomic E-state index is 10.5. The van der Waals surface area contributed by atoms with Gasteiger partial charge < -0.3 is 86.5 Å². The summed E-state index contributed by atoms with van der Waals surface area (Å²) in [6.07, 6.45) is -18.5. The van der Waals surface area contributed by atoms with Crippen molar-refractivity contribution in [2.24, 2.45) is 0 Å². The highest BCUT2D eigenvalue weighted by Gasteiger charge is 2.30. The molecule has 11 atom stereocenters. The highest BCUT2D eigenvalue weighted by atomic mass is 16.4. The van der Waals surface area contributed by atoms with Gasteiger partial charge in [0.2, 0.25) is 0 Å². The molecule has 0 radical (unpaired) electrons. The van der Waals surface area contributed by atoms with Crippen LogP contribution >= 0.6 is 0 Å². The fraction of sp³-hybridized carbons (Fsp3) is 0.889. The second-order valence-corrected chi connectivity index (χ2v) is 7.15. The fourth-order valence-corrected chi connectivity index (χ4v) is 1.89. The van der Waals surface area contributed by atoms with Crippen LogP contribution in [0, 0.1) is 0 Å². The first kappa shape index (κ1) is 39.2. The zero-order valence-corrected chi connectivity index (χ0v) is 18.9. The highest BCUT2D eigenvalue weighted by Crippen LogP contribution is 2.04. The third kappa shape index (κ3) is 15.1. The number of hydrogen-bond acceptors (Lipinski definition) is 18. The van der Waals surface area contributed by atoms with Gasteiger partial charge in [-0.3, -0.25) is 4.79 Å². The van der Waals surface area contributed by atoms with E-state index < -0.39 is 106 Å². The maximum atomic E-state index is 10.5. The topological polar surface area (TPSA) is 358 Å². The number of hydrogen-bond donors (Lipinski definition) is 16. The molecule has 0 bridgehead atoms. The zero-order valence-electron chi connectivity index (χ0n) is 18.9. The van der Waals surface area contributed by atoms with Crippen molar-refractivity contribution in [2.75, 3.05) is 33.0 Å². The molecular weight excluding hydrogens is 504 g/mol. The first-order chi connectivity index (χ1) is 16.6. The molecule has 0 aliphatic heterocycles. The second-order valence-electron chi connectivity index (χ2n) is 7.15. The monoisotopic (exact) mass is 542 g/mol. The lowest BCUT2D eigenvalue weighted by molar-refractivity contribution is -0.142. The van der Waals surface area contributed by atoms with Gasteiger partial charge in [-0.15, -0.1) is 0 Å². The van der Waals surface area contributed by atoms with Crippen LogP contribution in [-0.4, -0.2) is 194 Å². The molecule has 0 heterocycles. The highest BCUT2D eigenvalue weighted by molar-refractivity contribution is 5.84. The number of Topliss-reactive ketones (excluding diaryl/α,β-unsaturated/α-hetero) is 1. The maximum Gasteiger partial charge on any atom is 0.189 e. The third-order valence-electron chi connectivity index (χ3n) is 4.32. The van der Waals surface area contributed by atoms with E-state index in [4.69, 9.17) is 81.7 Å². The molecule has 0 saturated carbocycles. The number of aliphatic hydroxyl groups excluding tert-OH is 16. The lowest BCUT2D eigenvalue weighted by atomic mass is 10.0. The van der Waals surface area contributed by atoms with E-state index in [1.807, 2.05) is 0 Å². The summed E-state index contributed by atoms with van der Waals surface area (Å²) in [4.78, 5) is 20.4. The largest absolute Gasteiger partial charge is 0.394 e.